The molecular formula is C15H28N2. The molecule has 1 N–H and O–H groups in total. The first-order valence-electron chi connectivity index (χ1n) is 7.75. The maximum absolute atomic E-state index is 3.50. The van der Waals surface area contributed by atoms with Crippen molar-refractivity contribution in [3.8, 4) is 0 Å². The SMILES string of the molecule is CCCC1CCN(CC2CC23CCNCC3)C1. The molecule has 0 aromatic rings. The molecule has 2 heteroatoms. The fourth-order valence-electron chi connectivity index (χ4n) is 4.26. The number of hydrogen-bond acceptors (Lipinski definition) is 2. The first-order valence-corrected chi connectivity index (χ1v) is 7.75. The summed E-state index contributed by atoms with van der Waals surface area (Å²) in [5.41, 5.74) is 0.786. The average molecular weight is 236 g/mol. The second kappa shape index (κ2) is 4.89. The largest absolute Gasteiger partial charge is 0.317 e. The van der Waals surface area contributed by atoms with Crippen LogP contribution in [0.25, 0.3) is 0 Å². The lowest BCUT2D eigenvalue weighted by molar-refractivity contribution is 0.256. The van der Waals surface area contributed by atoms with Crippen LogP contribution in [0.3, 0.4) is 0 Å². The minimum Gasteiger partial charge on any atom is -0.317 e. The summed E-state index contributed by atoms with van der Waals surface area (Å²) in [7, 11) is 0. The molecule has 2 aliphatic heterocycles. The van der Waals surface area contributed by atoms with Crippen molar-refractivity contribution < 1.29 is 0 Å². The van der Waals surface area contributed by atoms with Crippen LogP contribution in [-0.4, -0.2) is 37.6 Å². The first kappa shape index (κ1) is 12.0. The zero-order chi connectivity index (χ0) is 11.7. The molecule has 2 atom stereocenters. The van der Waals surface area contributed by atoms with Gasteiger partial charge in [0, 0.05) is 13.1 Å². The van der Waals surface area contributed by atoms with Gasteiger partial charge in [-0.15, -0.1) is 0 Å². The zero-order valence-corrected chi connectivity index (χ0v) is 11.4. The smallest absolute Gasteiger partial charge is 0.00153 e. The maximum atomic E-state index is 3.50. The van der Waals surface area contributed by atoms with E-state index in [1.807, 2.05) is 0 Å². The van der Waals surface area contributed by atoms with E-state index in [1.54, 1.807) is 0 Å². The molecule has 3 rings (SSSR count). The minimum atomic E-state index is 0.786. The lowest BCUT2D eigenvalue weighted by Crippen LogP contribution is -2.32. The Kier molecular flexibility index (Phi) is 3.45. The third kappa shape index (κ3) is 2.53. The maximum Gasteiger partial charge on any atom is 0.00153 e. The molecule has 3 aliphatic rings. The Morgan fingerprint density at radius 3 is 2.88 bits per heavy atom. The summed E-state index contributed by atoms with van der Waals surface area (Å²) in [6.07, 6.45) is 8.72. The molecule has 0 radical (unpaired) electrons. The first-order chi connectivity index (χ1) is 8.32. The Hall–Kier alpha value is -0.0800. The molecule has 2 saturated heterocycles. The van der Waals surface area contributed by atoms with Crippen LogP contribution in [0.1, 0.15) is 45.4 Å². The molecule has 3 fully saturated rings. The fourth-order valence-corrected chi connectivity index (χ4v) is 4.26. The van der Waals surface area contributed by atoms with Crippen LogP contribution in [0.4, 0.5) is 0 Å². The number of rotatable bonds is 4. The molecule has 2 heterocycles. The highest BCUT2D eigenvalue weighted by Gasteiger charge is 2.54. The molecule has 17 heavy (non-hydrogen) atoms. The highest BCUT2D eigenvalue weighted by atomic mass is 15.2. The van der Waals surface area contributed by atoms with E-state index in [-0.39, 0.29) is 0 Å². The van der Waals surface area contributed by atoms with E-state index in [0.29, 0.717) is 0 Å². The van der Waals surface area contributed by atoms with Gasteiger partial charge in [0.1, 0.15) is 0 Å². The summed E-state index contributed by atoms with van der Waals surface area (Å²) < 4.78 is 0. The van der Waals surface area contributed by atoms with Crippen molar-refractivity contribution in [1.82, 2.24) is 10.2 Å². The number of hydrogen-bond donors (Lipinski definition) is 1. The molecule has 1 saturated carbocycles. The molecular weight excluding hydrogens is 208 g/mol. The lowest BCUT2D eigenvalue weighted by Gasteiger charge is -2.25. The van der Waals surface area contributed by atoms with E-state index in [0.717, 1.165) is 17.3 Å². The van der Waals surface area contributed by atoms with Gasteiger partial charge >= 0.3 is 0 Å². The van der Waals surface area contributed by atoms with Gasteiger partial charge in [-0.2, -0.15) is 0 Å². The molecule has 1 spiro atoms. The number of nitrogens with zero attached hydrogens (tertiary/aromatic N) is 1. The van der Waals surface area contributed by atoms with Crippen molar-refractivity contribution in [2.75, 3.05) is 32.7 Å². The van der Waals surface area contributed by atoms with E-state index in [4.69, 9.17) is 0 Å². The van der Waals surface area contributed by atoms with E-state index >= 15 is 0 Å². The summed E-state index contributed by atoms with van der Waals surface area (Å²) >= 11 is 0. The third-order valence-corrected chi connectivity index (χ3v) is 5.50. The van der Waals surface area contributed by atoms with E-state index in [1.165, 1.54) is 71.2 Å². The summed E-state index contributed by atoms with van der Waals surface area (Å²) in [6.45, 7) is 9.08. The molecule has 0 aromatic carbocycles. The second-order valence-electron chi connectivity index (χ2n) is 6.72. The summed E-state index contributed by atoms with van der Waals surface area (Å²) in [5.74, 6) is 2.06. The molecule has 0 aromatic heterocycles. The Balaban J connectivity index is 1.43. The fraction of sp³-hybridized carbons (Fsp3) is 1.00. The van der Waals surface area contributed by atoms with E-state index in [2.05, 4.69) is 17.1 Å². The molecule has 2 nitrogen and oxygen atoms in total. The summed E-state index contributed by atoms with van der Waals surface area (Å²) in [4.78, 5) is 2.77. The van der Waals surface area contributed by atoms with Gasteiger partial charge in [-0.3, -0.25) is 0 Å². The zero-order valence-electron chi connectivity index (χ0n) is 11.4. The van der Waals surface area contributed by atoms with Gasteiger partial charge in [-0.1, -0.05) is 13.3 Å². The van der Waals surface area contributed by atoms with Gasteiger partial charge in [-0.05, 0) is 69.0 Å². The monoisotopic (exact) mass is 236 g/mol. The van der Waals surface area contributed by atoms with Crippen LogP contribution in [0.2, 0.25) is 0 Å². The molecule has 0 amide bonds. The highest BCUT2D eigenvalue weighted by molar-refractivity contribution is 5.05. The molecule has 0 bridgehead atoms. The van der Waals surface area contributed by atoms with Crippen molar-refractivity contribution in [3.05, 3.63) is 0 Å². The van der Waals surface area contributed by atoms with E-state index < -0.39 is 0 Å². The van der Waals surface area contributed by atoms with Gasteiger partial charge in [-0.25, -0.2) is 0 Å². The lowest BCUT2D eigenvalue weighted by atomic mass is 9.92. The number of nitrogens with one attached hydrogen (secondary N) is 1. The van der Waals surface area contributed by atoms with Crippen LogP contribution in [0.5, 0.6) is 0 Å². The number of piperidine rings is 1. The normalized spacial score (nSPS) is 36.5. The van der Waals surface area contributed by atoms with Crippen molar-refractivity contribution >= 4 is 0 Å². The molecule has 1 aliphatic carbocycles. The van der Waals surface area contributed by atoms with Gasteiger partial charge in [0.2, 0.25) is 0 Å². The van der Waals surface area contributed by atoms with Crippen molar-refractivity contribution in [1.29, 1.82) is 0 Å². The van der Waals surface area contributed by atoms with Gasteiger partial charge in [0.05, 0.1) is 0 Å². The van der Waals surface area contributed by atoms with Crippen molar-refractivity contribution in [3.63, 3.8) is 0 Å². The Bertz CT molecular complexity index is 258. The third-order valence-electron chi connectivity index (χ3n) is 5.50. The van der Waals surface area contributed by atoms with Gasteiger partial charge < -0.3 is 10.2 Å². The topological polar surface area (TPSA) is 15.3 Å². The standard InChI is InChI=1S/C15H28N2/c1-2-3-13-4-9-17(11-13)12-14-10-15(14)5-7-16-8-6-15/h13-14,16H,2-12H2,1H3. The second-order valence-corrected chi connectivity index (χ2v) is 6.72. The predicted octanol–water partition coefficient (Wildman–Crippen LogP) is 2.50. The van der Waals surface area contributed by atoms with E-state index in [9.17, 15) is 0 Å². The van der Waals surface area contributed by atoms with Crippen molar-refractivity contribution in [2.45, 2.75) is 45.4 Å². The summed E-state index contributed by atoms with van der Waals surface area (Å²) in [6, 6.07) is 0. The Morgan fingerprint density at radius 2 is 2.12 bits per heavy atom. The molecule has 2 unspecified atom stereocenters. The Morgan fingerprint density at radius 1 is 1.29 bits per heavy atom. The predicted molar refractivity (Wildman–Crippen MR) is 72.1 cm³/mol. The van der Waals surface area contributed by atoms with Crippen LogP contribution in [0, 0.1) is 17.3 Å². The highest BCUT2D eigenvalue weighted by Crippen LogP contribution is 2.58. The molecule has 98 valence electrons. The number of likely N-dealkylation sites (tertiary alicyclic amines) is 1. The van der Waals surface area contributed by atoms with Crippen LogP contribution in [-0.2, 0) is 0 Å². The van der Waals surface area contributed by atoms with Crippen LogP contribution >= 0.6 is 0 Å². The van der Waals surface area contributed by atoms with Crippen LogP contribution in [0.15, 0.2) is 0 Å². The van der Waals surface area contributed by atoms with Crippen LogP contribution < -0.4 is 5.32 Å². The average Bonchev–Trinajstić information content (AvgIpc) is 2.78. The Labute approximate surface area is 106 Å². The summed E-state index contributed by atoms with van der Waals surface area (Å²) in [5, 5.41) is 3.50. The van der Waals surface area contributed by atoms with Crippen molar-refractivity contribution in [2.24, 2.45) is 17.3 Å². The quantitative estimate of drug-likeness (QED) is 0.807. The minimum absolute atomic E-state index is 0.786. The van der Waals surface area contributed by atoms with Gasteiger partial charge in [0.25, 0.3) is 0 Å². The van der Waals surface area contributed by atoms with Gasteiger partial charge in [0.15, 0.2) is 0 Å².